The number of nitrogens with zero attached hydrogens (tertiary/aromatic N) is 1. The van der Waals surface area contributed by atoms with Crippen molar-refractivity contribution in [3.05, 3.63) is 46.0 Å². The largest absolute Gasteiger partial charge is 0.320 e. The van der Waals surface area contributed by atoms with Crippen LogP contribution >= 0.6 is 11.3 Å². The molecule has 0 aliphatic heterocycles. The third-order valence-electron chi connectivity index (χ3n) is 2.75. The van der Waals surface area contributed by atoms with Crippen LogP contribution in [0.25, 0.3) is 0 Å². The molecular formula is C15H15N3OS. The van der Waals surface area contributed by atoms with Crippen LogP contribution in [0.5, 0.6) is 0 Å². The van der Waals surface area contributed by atoms with Crippen molar-refractivity contribution in [3.63, 3.8) is 0 Å². The van der Waals surface area contributed by atoms with Gasteiger partial charge in [0.2, 0.25) is 0 Å². The van der Waals surface area contributed by atoms with Gasteiger partial charge in [0.1, 0.15) is 0 Å². The standard InChI is InChI=1S/C15H15N3OS/c1-10-9-17-15(20-10)18-14(19)13-7-3-5-12(11(13)2)6-4-8-16/h3,5,7,9H,8,16H2,1-2H3,(H,17,18,19). The molecular weight excluding hydrogens is 270 g/mol. The van der Waals surface area contributed by atoms with Gasteiger partial charge in [-0.15, -0.1) is 11.3 Å². The van der Waals surface area contributed by atoms with E-state index >= 15 is 0 Å². The van der Waals surface area contributed by atoms with Crippen LogP contribution in [-0.2, 0) is 0 Å². The lowest BCUT2D eigenvalue weighted by Crippen LogP contribution is -2.13. The number of aromatic nitrogens is 1. The van der Waals surface area contributed by atoms with Crippen LogP contribution in [0.15, 0.2) is 24.4 Å². The van der Waals surface area contributed by atoms with Gasteiger partial charge >= 0.3 is 0 Å². The van der Waals surface area contributed by atoms with E-state index in [1.54, 1.807) is 12.3 Å². The van der Waals surface area contributed by atoms with E-state index in [2.05, 4.69) is 22.1 Å². The molecule has 0 fully saturated rings. The lowest BCUT2D eigenvalue weighted by molar-refractivity contribution is 0.102. The van der Waals surface area contributed by atoms with Crippen molar-refractivity contribution < 1.29 is 4.79 Å². The molecule has 0 atom stereocenters. The number of carbonyl (C=O) groups excluding carboxylic acids is 1. The van der Waals surface area contributed by atoms with E-state index in [4.69, 9.17) is 5.73 Å². The van der Waals surface area contributed by atoms with Gasteiger partial charge in [-0.25, -0.2) is 4.98 Å². The van der Waals surface area contributed by atoms with Gasteiger partial charge in [0, 0.05) is 22.2 Å². The van der Waals surface area contributed by atoms with Gasteiger partial charge in [-0.3, -0.25) is 10.1 Å². The maximum atomic E-state index is 12.3. The summed E-state index contributed by atoms with van der Waals surface area (Å²) in [6.45, 7) is 4.12. The second kappa shape index (κ2) is 6.33. The summed E-state index contributed by atoms with van der Waals surface area (Å²) in [7, 11) is 0. The molecule has 0 saturated heterocycles. The lowest BCUT2D eigenvalue weighted by atomic mass is 10.0. The Labute approximate surface area is 122 Å². The molecule has 0 bridgehead atoms. The number of benzene rings is 1. The Balaban J connectivity index is 2.26. The first kappa shape index (κ1) is 14.3. The third kappa shape index (κ3) is 3.23. The fraction of sp³-hybridized carbons (Fsp3) is 0.200. The highest BCUT2D eigenvalue weighted by atomic mass is 32.1. The molecule has 3 N–H and O–H groups in total. The molecule has 0 aliphatic rings. The van der Waals surface area contributed by atoms with Gasteiger partial charge in [-0.2, -0.15) is 0 Å². The number of amides is 1. The Hall–Kier alpha value is -2.16. The van der Waals surface area contributed by atoms with Crippen molar-refractivity contribution in [2.45, 2.75) is 13.8 Å². The van der Waals surface area contributed by atoms with Crippen molar-refractivity contribution in [1.82, 2.24) is 4.98 Å². The minimum atomic E-state index is -0.173. The molecule has 1 amide bonds. The summed E-state index contributed by atoms with van der Waals surface area (Å²) >= 11 is 1.45. The fourth-order valence-corrected chi connectivity index (χ4v) is 2.40. The van der Waals surface area contributed by atoms with Crippen LogP contribution in [0, 0.1) is 25.7 Å². The van der Waals surface area contributed by atoms with Gasteiger partial charge in [0.15, 0.2) is 5.13 Å². The predicted molar refractivity (Wildman–Crippen MR) is 81.9 cm³/mol. The summed E-state index contributed by atoms with van der Waals surface area (Å²) in [6.07, 6.45) is 1.73. The molecule has 1 aromatic carbocycles. The number of anilines is 1. The second-order valence-electron chi connectivity index (χ2n) is 4.21. The molecule has 1 aromatic heterocycles. The average molecular weight is 285 g/mol. The number of rotatable bonds is 2. The van der Waals surface area contributed by atoms with E-state index in [0.29, 0.717) is 17.2 Å². The molecule has 2 aromatic rings. The van der Waals surface area contributed by atoms with Crippen molar-refractivity contribution in [1.29, 1.82) is 0 Å². The van der Waals surface area contributed by atoms with Crippen molar-refractivity contribution in [2.75, 3.05) is 11.9 Å². The average Bonchev–Trinajstić information content (AvgIpc) is 2.83. The highest BCUT2D eigenvalue weighted by molar-refractivity contribution is 7.15. The van der Waals surface area contributed by atoms with Crippen LogP contribution in [-0.4, -0.2) is 17.4 Å². The first-order valence-electron chi connectivity index (χ1n) is 6.14. The van der Waals surface area contributed by atoms with Crippen LogP contribution < -0.4 is 11.1 Å². The topological polar surface area (TPSA) is 68.0 Å². The molecule has 20 heavy (non-hydrogen) atoms. The molecule has 2 rings (SSSR count). The van der Waals surface area contributed by atoms with Gasteiger partial charge in [0.25, 0.3) is 5.91 Å². The van der Waals surface area contributed by atoms with E-state index in [0.717, 1.165) is 16.0 Å². The lowest BCUT2D eigenvalue weighted by Gasteiger charge is -2.07. The maximum Gasteiger partial charge on any atom is 0.257 e. The second-order valence-corrected chi connectivity index (χ2v) is 5.45. The van der Waals surface area contributed by atoms with Crippen molar-refractivity contribution in [2.24, 2.45) is 5.73 Å². The monoisotopic (exact) mass is 285 g/mol. The highest BCUT2D eigenvalue weighted by Crippen LogP contribution is 2.19. The first-order chi connectivity index (χ1) is 9.61. The fourth-order valence-electron chi connectivity index (χ4n) is 1.74. The number of hydrogen-bond donors (Lipinski definition) is 2. The molecule has 0 aliphatic carbocycles. The number of hydrogen-bond acceptors (Lipinski definition) is 4. The molecule has 5 heteroatoms. The first-order valence-corrected chi connectivity index (χ1v) is 6.96. The van der Waals surface area contributed by atoms with Crippen LogP contribution in [0.3, 0.4) is 0 Å². The summed E-state index contributed by atoms with van der Waals surface area (Å²) in [5, 5.41) is 3.40. The maximum absolute atomic E-state index is 12.3. The molecule has 4 nitrogen and oxygen atoms in total. The molecule has 0 radical (unpaired) electrons. The number of nitrogens with two attached hydrogens (primary N) is 1. The number of thiazole rings is 1. The normalized spacial score (nSPS) is 9.75. The number of aryl methyl sites for hydroxylation is 1. The Morgan fingerprint density at radius 3 is 2.90 bits per heavy atom. The van der Waals surface area contributed by atoms with E-state index < -0.39 is 0 Å². The molecule has 0 saturated carbocycles. The van der Waals surface area contributed by atoms with Crippen molar-refractivity contribution in [3.8, 4) is 11.8 Å². The number of carbonyl (C=O) groups is 1. The Morgan fingerprint density at radius 2 is 2.25 bits per heavy atom. The Kier molecular flexibility index (Phi) is 4.51. The molecule has 0 unspecified atom stereocenters. The Morgan fingerprint density at radius 1 is 1.45 bits per heavy atom. The van der Waals surface area contributed by atoms with E-state index in [-0.39, 0.29) is 5.91 Å². The molecule has 102 valence electrons. The van der Waals surface area contributed by atoms with E-state index in [1.807, 2.05) is 26.0 Å². The SMILES string of the molecule is Cc1cnc(NC(=O)c2cccc(C#CCN)c2C)s1. The summed E-state index contributed by atoms with van der Waals surface area (Å²) in [5.74, 6) is 5.60. The van der Waals surface area contributed by atoms with E-state index in [9.17, 15) is 4.79 Å². The molecule has 1 heterocycles. The van der Waals surface area contributed by atoms with Gasteiger partial charge in [0.05, 0.1) is 6.54 Å². The highest BCUT2D eigenvalue weighted by Gasteiger charge is 2.12. The zero-order valence-electron chi connectivity index (χ0n) is 11.4. The summed E-state index contributed by atoms with van der Waals surface area (Å²) in [4.78, 5) is 17.4. The van der Waals surface area contributed by atoms with Crippen LogP contribution in [0.1, 0.15) is 26.4 Å². The van der Waals surface area contributed by atoms with Gasteiger partial charge < -0.3 is 5.73 Å². The van der Waals surface area contributed by atoms with Crippen LogP contribution in [0.2, 0.25) is 0 Å². The van der Waals surface area contributed by atoms with E-state index in [1.165, 1.54) is 11.3 Å². The zero-order valence-corrected chi connectivity index (χ0v) is 12.2. The predicted octanol–water partition coefficient (Wildman–Crippen LogP) is 2.32. The summed E-state index contributed by atoms with van der Waals surface area (Å²) in [5.41, 5.74) is 7.63. The van der Waals surface area contributed by atoms with Crippen LogP contribution in [0.4, 0.5) is 5.13 Å². The quantitative estimate of drug-likeness (QED) is 0.832. The summed E-state index contributed by atoms with van der Waals surface area (Å²) in [6, 6.07) is 5.47. The van der Waals surface area contributed by atoms with Gasteiger partial charge in [-0.1, -0.05) is 17.9 Å². The third-order valence-corrected chi connectivity index (χ3v) is 3.57. The Bertz CT molecular complexity index is 695. The zero-order chi connectivity index (χ0) is 14.5. The minimum absolute atomic E-state index is 0.173. The summed E-state index contributed by atoms with van der Waals surface area (Å²) < 4.78 is 0. The van der Waals surface area contributed by atoms with Gasteiger partial charge in [-0.05, 0) is 31.5 Å². The van der Waals surface area contributed by atoms with Crippen molar-refractivity contribution >= 4 is 22.4 Å². The molecule has 0 spiro atoms. The number of nitrogens with one attached hydrogen (secondary N) is 1. The minimum Gasteiger partial charge on any atom is -0.320 e. The smallest absolute Gasteiger partial charge is 0.257 e.